The van der Waals surface area contributed by atoms with Crippen molar-refractivity contribution >= 4 is 21.6 Å². The first-order chi connectivity index (χ1) is 11.1. The van der Waals surface area contributed by atoms with Crippen LogP contribution in [0.15, 0.2) is 46.9 Å². The van der Waals surface area contributed by atoms with Crippen LogP contribution in [0.25, 0.3) is 0 Å². The minimum absolute atomic E-state index is 0.234. The molecule has 2 aromatic rings. The Labute approximate surface area is 145 Å². The Bertz CT molecular complexity index is 731. The number of anilines is 1. The fourth-order valence-corrected chi connectivity index (χ4v) is 4.16. The van der Waals surface area contributed by atoms with Gasteiger partial charge in [-0.3, -0.25) is 4.84 Å². The molecule has 120 valence electrons. The summed E-state index contributed by atoms with van der Waals surface area (Å²) >= 11 is 3.61. The van der Waals surface area contributed by atoms with Gasteiger partial charge in [0.2, 0.25) is 0 Å². The summed E-state index contributed by atoms with van der Waals surface area (Å²) in [5.74, 6) is 0. The maximum absolute atomic E-state index is 6.36. The summed E-state index contributed by atoms with van der Waals surface area (Å²) in [6.45, 7) is 0.945. The van der Waals surface area contributed by atoms with Gasteiger partial charge in [-0.15, -0.1) is 0 Å². The summed E-state index contributed by atoms with van der Waals surface area (Å²) in [4.78, 5) is 8.56. The van der Waals surface area contributed by atoms with Crippen LogP contribution in [-0.2, 0) is 11.3 Å². The number of hydrogen-bond acceptors (Lipinski definition) is 3. The fraction of sp³-hybridized carbons (Fsp3) is 0.368. The third-order valence-electron chi connectivity index (χ3n) is 4.67. The van der Waals surface area contributed by atoms with Crippen LogP contribution in [0.5, 0.6) is 0 Å². The third kappa shape index (κ3) is 2.80. The van der Waals surface area contributed by atoms with E-state index in [-0.39, 0.29) is 6.10 Å². The second kappa shape index (κ2) is 5.93. The van der Waals surface area contributed by atoms with Gasteiger partial charge >= 0.3 is 0 Å². The molecule has 4 heteroatoms. The Morgan fingerprint density at radius 1 is 1.17 bits per heavy atom. The van der Waals surface area contributed by atoms with E-state index < -0.39 is 0 Å². The summed E-state index contributed by atoms with van der Waals surface area (Å²) in [6.07, 6.45) is 2.22. The Balaban J connectivity index is 1.80. The van der Waals surface area contributed by atoms with Crippen molar-refractivity contribution in [2.24, 2.45) is 0 Å². The van der Waals surface area contributed by atoms with Crippen LogP contribution in [0.1, 0.15) is 29.2 Å². The number of likely N-dealkylation sites (N-methyl/N-ethyl adjacent to an activating group) is 1. The minimum Gasteiger partial charge on any atom is -0.307 e. The van der Waals surface area contributed by atoms with Crippen LogP contribution in [0.2, 0.25) is 0 Å². The van der Waals surface area contributed by atoms with Gasteiger partial charge in [0.15, 0.2) is 0 Å². The lowest BCUT2D eigenvalue weighted by molar-refractivity contribution is 0.0649. The lowest BCUT2D eigenvalue weighted by atomic mass is 9.95. The molecule has 0 radical (unpaired) electrons. The van der Waals surface area contributed by atoms with Gasteiger partial charge in [0.1, 0.15) is 6.10 Å². The van der Waals surface area contributed by atoms with E-state index in [1.165, 1.54) is 22.4 Å². The molecule has 2 aromatic carbocycles. The minimum atomic E-state index is 0.234. The normalized spacial score (nSPS) is 22.5. The molecule has 0 amide bonds. The van der Waals surface area contributed by atoms with E-state index in [0.717, 1.165) is 23.9 Å². The first-order valence-electron chi connectivity index (χ1n) is 8.09. The molecule has 2 aliphatic rings. The summed E-state index contributed by atoms with van der Waals surface area (Å²) in [7, 11) is 4.21. The Hall–Kier alpha value is -1.36. The van der Waals surface area contributed by atoms with Crippen LogP contribution in [0, 0.1) is 0 Å². The SMILES string of the molecule is CN(C)C[C@H]1CC2c3ccccc3Cc3cc(Br)ccc3N2O1. The summed E-state index contributed by atoms with van der Waals surface area (Å²) in [6, 6.07) is 15.6. The van der Waals surface area contributed by atoms with Crippen LogP contribution in [0.4, 0.5) is 5.69 Å². The molecule has 0 saturated carbocycles. The molecule has 2 aliphatic heterocycles. The number of nitrogens with zero attached hydrogens (tertiary/aromatic N) is 2. The summed E-state index contributed by atoms with van der Waals surface area (Å²) < 4.78 is 1.12. The Morgan fingerprint density at radius 2 is 2.00 bits per heavy atom. The Kier molecular flexibility index (Phi) is 3.92. The highest BCUT2D eigenvalue weighted by atomic mass is 79.9. The lowest BCUT2D eigenvalue weighted by Crippen LogP contribution is -2.27. The number of rotatable bonds is 2. The molecular weight excluding hydrogens is 352 g/mol. The van der Waals surface area contributed by atoms with Gasteiger partial charge in [-0.05, 0) is 55.4 Å². The molecule has 1 saturated heterocycles. The van der Waals surface area contributed by atoms with Gasteiger partial charge in [0.25, 0.3) is 0 Å². The van der Waals surface area contributed by atoms with Gasteiger partial charge in [-0.25, -0.2) is 5.06 Å². The van der Waals surface area contributed by atoms with Gasteiger partial charge in [0.05, 0.1) is 11.7 Å². The van der Waals surface area contributed by atoms with Crippen molar-refractivity contribution in [3.8, 4) is 0 Å². The van der Waals surface area contributed by atoms with E-state index in [2.05, 4.69) is 82.5 Å². The predicted octanol–water partition coefficient (Wildman–Crippen LogP) is 4.17. The first kappa shape index (κ1) is 15.2. The predicted molar refractivity (Wildman–Crippen MR) is 96.7 cm³/mol. The van der Waals surface area contributed by atoms with E-state index in [0.29, 0.717) is 6.04 Å². The number of hydrogen-bond donors (Lipinski definition) is 0. The van der Waals surface area contributed by atoms with E-state index in [1.54, 1.807) is 0 Å². The number of halogens is 1. The molecule has 0 bridgehead atoms. The number of hydroxylamine groups is 1. The fourth-order valence-electron chi connectivity index (χ4n) is 3.75. The molecule has 0 N–H and O–H groups in total. The molecule has 2 heterocycles. The van der Waals surface area contributed by atoms with Crippen LogP contribution >= 0.6 is 15.9 Å². The average molecular weight is 373 g/mol. The zero-order valence-corrected chi connectivity index (χ0v) is 15.1. The second-order valence-electron chi connectivity index (χ2n) is 6.72. The van der Waals surface area contributed by atoms with E-state index in [9.17, 15) is 0 Å². The quantitative estimate of drug-likeness (QED) is 0.786. The monoisotopic (exact) mass is 372 g/mol. The molecular formula is C19H21BrN2O. The van der Waals surface area contributed by atoms with Gasteiger partial charge in [-0.1, -0.05) is 40.2 Å². The molecule has 23 heavy (non-hydrogen) atoms. The third-order valence-corrected chi connectivity index (χ3v) is 5.17. The molecule has 2 atom stereocenters. The van der Waals surface area contributed by atoms with Crippen LogP contribution in [0.3, 0.4) is 0 Å². The molecule has 4 rings (SSSR count). The molecule has 3 nitrogen and oxygen atoms in total. The van der Waals surface area contributed by atoms with E-state index in [1.807, 2.05) is 0 Å². The number of fused-ring (bicyclic) bond motifs is 5. The van der Waals surface area contributed by atoms with Gasteiger partial charge < -0.3 is 4.90 Å². The van der Waals surface area contributed by atoms with Crippen molar-refractivity contribution in [3.63, 3.8) is 0 Å². The van der Waals surface area contributed by atoms with Crippen molar-refractivity contribution in [2.75, 3.05) is 25.7 Å². The molecule has 1 unspecified atom stereocenters. The van der Waals surface area contributed by atoms with Crippen molar-refractivity contribution in [2.45, 2.75) is 25.0 Å². The van der Waals surface area contributed by atoms with Gasteiger partial charge in [0, 0.05) is 17.4 Å². The highest BCUT2D eigenvalue weighted by Crippen LogP contribution is 2.44. The van der Waals surface area contributed by atoms with Crippen molar-refractivity contribution in [1.29, 1.82) is 0 Å². The lowest BCUT2D eigenvalue weighted by Gasteiger charge is -2.25. The maximum Gasteiger partial charge on any atom is 0.101 e. The molecule has 1 fully saturated rings. The standard InChI is InChI=1S/C19H21BrN2O/c1-21(2)12-16-11-19-17-6-4-3-5-13(17)9-14-10-15(20)7-8-18(14)22(19)23-16/h3-8,10,16,19H,9,11-12H2,1-2H3/t16-,19?/m1/s1. The zero-order chi connectivity index (χ0) is 16.0. The highest BCUT2D eigenvalue weighted by molar-refractivity contribution is 9.10. The van der Waals surface area contributed by atoms with Gasteiger partial charge in [-0.2, -0.15) is 0 Å². The smallest absolute Gasteiger partial charge is 0.101 e. The highest BCUT2D eigenvalue weighted by Gasteiger charge is 2.38. The van der Waals surface area contributed by atoms with E-state index >= 15 is 0 Å². The Morgan fingerprint density at radius 3 is 2.83 bits per heavy atom. The van der Waals surface area contributed by atoms with Crippen molar-refractivity contribution in [3.05, 3.63) is 63.6 Å². The van der Waals surface area contributed by atoms with Crippen LogP contribution < -0.4 is 5.06 Å². The zero-order valence-electron chi connectivity index (χ0n) is 13.5. The molecule has 0 spiro atoms. The topological polar surface area (TPSA) is 15.7 Å². The summed E-state index contributed by atoms with van der Waals surface area (Å²) in [5, 5.41) is 2.15. The van der Waals surface area contributed by atoms with Crippen LogP contribution in [-0.4, -0.2) is 31.6 Å². The first-order valence-corrected chi connectivity index (χ1v) is 8.88. The number of benzene rings is 2. The molecule has 0 aliphatic carbocycles. The summed E-state index contributed by atoms with van der Waals surface area (Å²) in [5.41, 5.74) is 5.34. The molecule has 0 aromatic heterocycles. The van der Waals surface area contributed by atoms with E-state index in [4.69, 9.17) is 4.84 Å². The second-order valence-corrected chi connectivity index (χ2v) is 7.63. The maximum atomic E-state index is 6.36. The average Bonchev–Trinajstić information content (AvgIpc) is 2.85. The van der Waals surface area contributed by atoms with Crippen molar-refractivity contribution < 1.29 is 4.84 Å². The largest absolute Gasteiger partial charge is 0.307 e. The van der Waals surface area contributed by atoms with Crippen molar-refractivity contribution in [1.82, 2.24) is 4.90 Å².